The molecule has 2 aromatic heterocycles. The third-order valence-electron chi connectivity index (χ3n) is 4.70. The molecule has 0 bridgehead atoms. The van der Waals surface area contributed by atoms with Crippen LogP contribution in [0.1, 0.15) is 39.9 Å². The maximum Gasteiger partial charge on any atom is 0.358 e. The van der Waals surface area contributed by atoms with Crippen molar-refractivity contribution in [1.29, 1.82) is 0 Å². The van der Waals surface area contributed by atoms with Gasteiger partial charge in [0.05, 0.1) is 12.2 Å². The second kappa shape index (κ2) is 7.22. The first-order valence-corrected chi connectivity index (χ1v) is 8.68. The average molecular weight is 385 g/mol. The molecular formula is C18H16FN5O4. The molecule has 1 aliphatic rings. The number of halogens is 1. The van der Waals surface area contributed by atoms with Gasteiger partial charge in [-0.25, -0.2) is 13.9 Å². The summed E-state index contributed by atoms with van der Waals surface area (Å²) >= 11 is 0. The number of aromatic nitrogens is 4. The molecule has 0 spiro atoms. The van der Waals surface area contributed by atoms with Crippen LogP contribution in [-0.2, 0) is 0 Å². The van der Waals surface area contributed by atoms with Crippen LogP contribution in [0.3, 0.4) is 0 Å². The molecule has 1 saturated heterocycles. The fourth-order valence-electron chi connectivity index (χ4n) is 3.20. The summed E-state index contributed by atoms with van der Waals surface area (Å²) in [4.78, 5) is 25.2. The molecule has 0 radical (unpaired) electrons. The summed E-state index contributed by atoms with van der Waals surface area (Å²) in [6.45, 7) is 0.920. The van der Waals surface area contributed by atoms with Gasteiger partial charge in [0, 0.05) is 24.7 Å². The Morgan fingerprint density at radius 1 is 1.21 bits per heavy atom. The van der Waals surface area contributed by atoms with E-state index >= 15 is 0 Å². The van der Waals surface area contributed by atoms with Crippen LogP contribution in [0, 0.1) is 5.82 Å². The molecule has 1 aliphatic heterocycles. The lowest BCUT2D eigenvalue weighted by molar-refractivity contribution is 0.0647. The molecule has 0 saturated carbocycles. The van der Waals surface area contributed by atoms with E-state index in [9.17, 15) is 14.0 Å². The minimum atomic E-state index is -1.13. The fourth-order valence-corrected chi connectivity index (χ4v) is 3.20. The first kappa shape index (κ1) is 17.8. The highest BCUT2D eigenvalue weighted by molar-refractivity contribution is 5.92. The van der Waals surface area contributed by atoms with Gasteiger partial charge in [0.1, 0.15) is 11.5 Å². The second-order valence-electron chi connectivity index (χ2n) is 6.50. The molecule has 0 unspecified atom stereocenters. The van der Waals surface area contributed by atoms with Crippen molar-refractivity contribution in [3.05, 3.63) is 53.8 Å². The molecule has 3 aromatic rings. The first-order valence-electron chi connectivity index (χ1n) is 8.68. The molecular weight excluding hydrogens is 369 g/mol. The number of hydrogen-bond donors (Lipinski definition) is 1. The van der Waals surface area contributed by atoms with Crippen LogP contribution in [0.4, 0.5) is 4.39 Å². The number of carboxylic acid groups (broad SMARTS) is 1. The summed E-state index contributed by atoms with van der Waals surface area (Å²) < 4.78 is 20.0. The van der Waals surface area contributed by atoms with E-state index in [1.54, 1.807) is 17.0 Å². The van der Waals surface area contributed by atoms with Gasteiger partial charge in [-0.1, -0.05) is 22.5 Å². The Morgan fingerprint density at radius 3 is 2.68 bits per heavy atom. The minimum absolute atomic E-state index is 0.0257. The molecule has 3 heterocycles. The Balaban J connectivity index is 1.41. The van der Waals surface area contributed by atoms with E-state index in [1.165, 1.54) is 29.1 Å². The summed E-state index contributed by atoms with van der Waals surface area (Å²) in [6.07, 6.45) is 2.62. The number of nitrogens with zero attached hydrogens (tertiary/aromatic N) is 5. The molecule has 4 rings (SSSR count). The smallest absolute Gasteiger partial charge is 0.358 e. The van der Waals surface area contributed by atoms with Crippen LogP contribution < -0.4 is 0 Å². The zero-order valence-corrected chi connectivity index (χ0v) is 14.7. The predicted octanol–water partition coefficient (Wildman–Crippen LogP) is 2.25. The number of piperidine rings is 1. The summed E-state index contributed by atoms with van der Waals surface area (Å²) in [7, 11) is 0. The summed E-state index contributed by atoms with van der Waals surface area (Å²) in [5.74, 6) is -1.72. The van der Waals surface area contributed by atoms with Crippen molar-refractivity contribution in [3.63, 3.8) is 0 Å². The number of rotatable bonds is 4. The van der Waals surface area contributed by atoms with E-state index in [1.807, 2.05) is 0 Å². The summed E-state index contributed by atoms with van der Waals surface area (Å²) in [6, 6.07) is 7.37. The molecule has 144 valence electrons. The highest BCUT2D eigenvalue weighted by atomic mass is 19.1. The zero-order chi connectivity index (χ0) is 19.7. The van der Waals surface area contributed by atoms with Crippen LogP contribution in [0.5, 0.6) is 0 Å². The molecule has 0 aliphatic carbocycles. The number of carbonyl (C=O) groups is 2. The third-order valence-corrected chi connectivity index (χ3v) is 4.70. The van der Waals surface area contributed by atoms with Gasteiger partial charge in [0.25, 0.3) is 5.91 Å². The van der Waals surface area contributed by atoms with E-state index in [2.05, 4.69) is 15.5 Å². The SMILES string of the molecule is O=C(O)c1cn(C2CCN(C(=O)c3cc(-c4cccc(F)c4)no3)CC2)nn1. The Morgan fingerprint density at radius 2 is 2.00 bits per heavy atom. The monoisotopic (exact) mass is 385 g/mol. The quantitative estimate of drug-likeness (QED) is 0.732. The minimum Gasteiger partial charge on any atom is -0.476 e. The Labute approximate surface area is 158 Å². The maximum absolute atomic E-state index is 13.4. The molecule has 1 aromatic carbocycles. The summed E-state index contributed by atoms with van der Waals surface area (Å²) in [5.41, 5.74) is 0.813. The van der Waals surface area contributed by atoms with Gasteiger partial charge in [0.15, 0.2) is 5.69 Å². The Kier molecular flexibility index (Phi) is 4.60. The Hall–Kier alpha value is -3.56. The molecule has 0 atom stereocenters. The van der Waals surface area contributed by atoms with Crippen molar-refractivity contribution in [1.82, 2.24) is 25.1 Å². The van der Waals surface area contributed by atoms with Crippen molar-refractivity contribution in [2.45, 2.75) is 18.9 Å². The van der Waals surface area contributed by atoms with Crippen LogP contribution in [0.15, 0.2) is 41.1 Å². The zero-order valence-electron chi connectivity index (χ0n) is 14.7. The van der Waals surface area contributed by atoms with Gasteiger partial charge in [-0.05, 0) is 25.0 Å². The number of carbonyl (C=O) groups excluding carboxylic acids is 1. The number of amides is 1. The molecule has 10 heteroatoms. The van der Waals surface area contributed by atoms with E-state index in [4.69, 9.17) is 9.63 Å². The van der Waals surface area contributed by atoms with Gasteiger partial charge in [0.2, 0.25) is 5.76 Å². The predicted molar refractivity (Wildman–Crippen MR) is 93.1 cm³/mol. The van der Waals surface area contributed by atoms with Crippen LogP contribution >= 0.6 is 0 Å². The first-order chi connectivity index (χ1) is 13.5. The van der Waals surface area contributed by atoms with E-state index in [0.717, 1.165) is 0 Å². The van der Waals surface area contributed by atoms with Crippen molar-refractivity contribution in [2.75, 3.05) is 13.1 Å². The van der Waals surface area contributed by atoms with Gasteiger partial charge in [-0.15, -0.1) is 5.10 Å². The maximum atomic E-state index is 13.4. The average Bonchev–Trinajstić information content (AvgIpc) is 3.38. The van der Waals surface area contributed by atoms with Crippen molar-refractivity contribution >= 4 is 11.9 Å². The number of hydrogen-bond acceptors (Lipinski definition) is 6. The Bertz CT molecular complexity index is 1020. The fraction of sp³-hybridized carbons (Fsp3) is 0.278. The molecule has 1 amide bonds. The van der Waals surface area contributed by atoms with Gasteiger partial charge in [-0.3, -0.25) is 4.79 Å². The highest BCUT2D eigenvalue weighted by Gasteiger charge is 2.28. The highest BCUT2D eigenvalue weighted by Crippen LogP contribution is 2.25. The van der Waals surface area contributed by atoms with Gasteiger partial charge >= 0.3 is 5.97 Å². The third kappa shape index (κ3) is 3.48. The number of carboxylic acids is 1. The molecule has 1 fully saturated rings. The van der Waals surface area contributed by atoms with Crippen molar-refractivity contribution in [2.24, 2.45) is 0 Å². The lowest BCUT2D eigenvalue weighted by atomic mass is 10.0. The lowest BCUT2D eigenvalue weighted by Crippen LogP contribution is -2.39. The largest absolute Gasteiger partial charge is 0.476 e. The van der Waals surface area contributed by atoms with Crippen LogP contribution in [0.2, 0.25) is 0 Å². The van der Waals surface area contributed by atoms with Crippen LogP contribution in [0.25, 0.3) is 11.3 Å². The van der Waals surface area contributed by atoms with Gasteiger partial charge < -0.3 is 14.5 Å². The van der Waals surface area contributed by atoms with E-state index < -0.39 is 11.8 Å². The van der Waals surface area contributed by atoms with Crippen molar-refractivity contribution < 1.29 is 23.6 Å². The molecule has 28 heavy (non-hydrogen) atoms. The topological polar surface area (TPSA) is 114 Å². The number of benzene rings is 1. The number of aromatic carboxylic acids is 1. The van der Waals surface area contributed by atoms with Gasteiger partial charge in [-0.2, -0.15) is 0 Å². The molecule has 1 N–H and O–H groups in total. The van der Waals surface area contributed by atoms with E-state index in [-0.39, 0.29) is 23.4 Å². The second-order valence-corrected chi connectivity index (χ2v) is 6.50. The van der Waals surface area contributed by atoms with E-state index in [0.29, 0.717) is 37.2 Å². The standard InChI is InChI=1S/C18H16FN5O4/c19-12-3-1-2-11(8-12)14-9-16(28-21-14)17(25)23-6-4-13(5-7-23)24-10-15(18(26)27)20-22-24/h1-3,8-10,13H,4-7H2,(H,26,27). The number of likely N-dealkylation sites (tertiary alicyclic amines) is 1. The lowest BCUT2D eigenvalue weighted by Gasteiger charge is -2.31. The van der Waals surface area contributed by atoms with Crippen LogP contribution in [-0.4, -0.2) is 55.1 Å². The van der Waals surface area contributed by atoms with Crippen molar-refractivity contribution in [3.8, 4) is 11.3 Å². The normalized spacial score (nSPS) is 15.0. The summed E-state index contributed by atoms with van der Waals surface area (Å²) in [5, 5.41) is 20.3. The molecule has 9 nitrogen and oxygen atoms in total.